The SMILES string of the molecule is CCC(C#N)C(=O)NC1(C)CCOC1C. The number of carbonyl (C=O) groups excluding carboxylic acids is 1. The summed E-state index contributed by atoms with van der Waals surface area (Å²) in [5, 5.41) is 11.7. The van der Waals surface area contributed by atoms with Gasteiger partial charge in [0.1, 0.15) is 5.92 Å². The van der Waals surface area contributed by atoms with Crippen LogP contribution in [0.15, 0.2) is 0 Å². The van der Waals surface area contributed by atoms with E-state index in [2.05, 4.69) is 5.32 Å². The Kier molecular flexibility index (Phi) is 3.70. The van der Waals surface area contributed by atoms with Crippen LogP contribution < -0.4 is 5.32 Å². The van der Waals surface area contributed by atoms with Crippen LogP contribution in [0.2, 0.25) is 0 Å². The van der Waals surface area contributed by atoms with Crippen LogP contribution >= 0.6 is 0 Å². The molecule has 3 unspecified atom stereocenters. The highest BCUT2D eigenvalue weighted by Gasteiger charge is 2.39. The first-order valence-corrected chi connectivity index (χ1v) is 5.36. The van der Waals surface area contributed by atoms with Crippen molar-refractivity contribution in [3.8, 4) is 6.07 Å². The molecule has 0 spiro atoms. The van der Waals surface area contributed by atoms with Crippen molar-refractivity contribution < 1.29 is 9.53 Å². The predicted octanol–water partition coefficient (Wildman–Crippen LogP) is 1.22. The minimum Gasteiger partial charge on any atom is -0.376 e. The topological polar surface area (TPSA) is 62.1 Å². The van der Waals surface area contributed by atoms with Crippen molar-refractivity contribution in [2.45, 2.75) is 45.3 Å². The second-order valence-electron chi connectivity index (χ2n) is 4.26. The number of hydrogen-bond donors (Lipinski definition) is 1. The first kappa shape index (κ1) is 12.0. The van der Waals surface area contributed by atoms with Crippen molar-refractivity contribution >= 4 is 5.91 Å². The van der Waals surface area contributed by atoms with Gasteiger partial charge < -0.3 is 10.1 Å². The summed E-state index contributed by atoms with van der Waals surface area (Å²) in [5.74, 6) is -0.727. The van der Waals surface area contributed by atoms with Gasteiger partial charge >= 0.3 is 0 Å². The number of nitriles is 1. The maximum atomic E-state index is 11.7. The van der Waals surface area contributed by atoms with Crippen molar-refractivity contribution in [1.82, 2.24) is 5.32 Å². The zero-order valence-electron chi connectivity index (χ0n) is 9.54. The molecule has 1 saturated heterocycles. The third-order valence-electron chi connectivity index (χ3n) is 3.18. The molecule has 4 heteroatoms. The number of nitrogens with one attached hydrogen (secondary N) is 1. The molecular weight excluding hydrogens is 192 g/mol. The van der Waals surface area contributed by atoms with Gasteiger partial charge in [0.15, 0.2) is 0 Å². The molecule has 0 radical (unpaired) electrons. The Balaban J connectivity index is 2.61. The van der Waals surface area contributed by atoms with E-state index >= 15 is 0 Å². The van der Waals surface area contributed by atoms with Crippen LogP contribution in [0, 0.1) is 17.2 Å². The fourth-order valence-corrected chi connectivity index (χ4v) is 1.70. The van der Waals surface area contributed by atoms with E-state index in [0.29, 0.717) is 13.0 Å². The van der Waals surface area contributed by atoms with Crippen molar-refractivity contribution in [3.63, 3.8) is 0 Å². The van der Waals surface area contributed by atoms with Crippen molar-refractivity contribution in [2.75, 3.05) is 6.61 Å². The Labute approximate surface area is 90.6 Å². The zero-order valence-corrected chi connectivity index (χ0v) is 9.54. The average molecular weight is 210 g/mol. The van der Waals surface area contributed by atoms with Gasteiger partial charge in [-0.05, 0) is 26.7 Å². The fraction of sp³-hybridized carbons (Fsp3) is 0.818. The highest BCUT2D eigenvalue weighted by Crippen LogP contribution is 2.25. The fourth-order valence-electron chi connectivity index (χ4n) is 1.70. The maximum Gasteiger partial charge on any atom is 0.237 e. The van der Waals surface area contributed by atoms with Crippen molar-refractivity contribution in [1.29, 1.82) is 5.26 Å². The monoisotopic (exact) mass is 210 g/mol. The van der Waals surface area contributed by atoms with E-state index < -0.39 is 5.92 Å². The second-order valence-corrected chi connectivity index (χ2v) is 4.26. The summed E-state index contributed by atoms with van der Waals surface area (Å²) >= 11 is 0. The van der Waals surface area contributed by atoms with Gasteiger partial charge in [-0.25, -0.2) is 0 Å². The molecule has 1 N–H and O–H groups in total. The Bertz CT molecular complexity index is 285. The molecule has 1 aliphatic rings. The third kappa shape index (κ3) is 2.48. The Hall–Kier alpha value is -1.08. The Morgan fingerprint density at radius 3 is 2.87 bits per heavy atom. The molecule has 0 bridgehead atoms. The van der Waals surface area contributed by atoms with E-state index in [1.807, 2.05) is 26.8 Å². The lowest BCUT2D eigenvalue weighted by Gasteiger charge is -2.29. The largest absolute Gasteiger partial charge is 0.376 e. The molecule has 0 saturated carbocycles. The van der Waals surface area contributed by atoms with Gasteiger partial charge in [0.05, 0.1) is 17.7 Å². The maximum absolute atomic E-state index is 11.7. The van der Waals surface area contributed by atoms with Gasteiger partial charge in [-0.15, -0.1) is 0 Å². The van der Waals surface area contributed by atoms with E-state index in [-0.39, 0.29) is 17.6 Å². The second kappa shape index (κ2) is 4.63. The summed E-state index contributed by atoms with van der Waals surface area (Å²) in [6.45, 7) is 6.42. The van der Waals surface area contributed by atoms with Crippen molar-refractivity contribution in [2.24, 2.45) is 5.92 Å². The number of nitrogens with zero attached hydrogens (tertiary/aromatic N) is 1. The lowest BCUT2D eigenvalue weighted by Crippen LogP contribution is -2.52. The van der Waals surface area contributed by atoms with Crippen LogP contribution in [0.1, 0.15) is 33.6 Å². The zero-order chi connectivity index (χ0) is 11.5. The molecule has 0 aromatic heterocycles. The number of rotatable bonds is 3. The van der Waals surface area contributed by atoms with Gasteiger partial charge in [0.25, 0.3) is 0 Å². The molecule has 3 atom stereocenters. The Morgan fingerprint density at radius 2 is 2.47 bits per heavy atom. The predicted molar refractivity (Wildman–Crippen MR) is 56.0 cm³/mol. The molecule has 0 aliphatic carbocycles. The van der Waals surface area contributed by atoms with E-state index in [1.165, 1.54) is 0 Å². The van der Waals surface area contributed by atoms with E-state index in [1.54, 1.807) is 0 Å². The molecule has 1 rings (SSSR count). The molecule has 1 aliphatic heterocycles. The molecule has 0 aromatic carbocycles. The normalized spacial score (nSPS) is 32.0. The minimum absolute atomic E-state index is 0.0117. The average Bonchev–Trinajstić information content (AvgIpc) is 2.48. The quantitative estimate of drug-likeness (QED) is 0.761. The molecule has 15 heavy (non-hydrogen) atoms. The molecule has 4 nitrogen and oxygen atoms in total. The van der Waals surface area contributed by atoms with Gasteiger partial charge in [-0.1, -0.05) is 6.92 Å². The van der Waals surface area contributed by atoms with Gasteiger partial charge in [0, 0.05) is 6.61 Å². The lowest BCUT2D eigenvalue weighted by molar-refractivity contribution is -0.125. The number of carbonyl (C=O) groups is 1. The standard InChI is InChI=1S/C11H18N2O2/c1-4-9(7-12)10(14)13-11(3)5-6-15-8(11)2/h8-9H,4-6H2,1-3H3,(H,13,14). The summed E-state index contributed by atoms with van der Waals surface area (Å²) in [7, 11) is 0. The molecule has 1 heterocycles. The lowest BCUT2D eigenvalue weighted by atomic mass is 9.93. The highest BCUT2D eigenvalue weighted by atomic mass is 16.5. The van der Waals surface area contributed by atoms with Crippen LogP contribution in [-0.4, -0.2) is 24.2 Å². The van der Waals surface area contributed by atoms with E-state index in [0.717, 1.165) is 6.42 Å². The first-order valence-electron chi connectivity index (χ1n) is 5.36. The summed E-state index contributed by atoms with van der Waals surface area (Å²) in [6.07, 6.45) is 1.37. The summed E-state index contributed by atoms with van der Waals surface area (Å²) in [5.41, 5.74) is -0.318. The summed E-state index contributed by atoms with van der Waals surface area (Å²) in [6, 6.07) is 2.00. The first-order chi connectivity index (χ1) is 7.03. The summed E-state index contributed by atoms with van der Waals surface area (Å²) in [4.78, 5) is 11.7. The molecule has 1 amide bonds. The Morgan fingerprint density at radius 1 is 1.80 bits per heavy atom. The van der Waals surface area contributed by atoms with Crippen LogP contribution in [0.5, 0.6) is 0 Å². The van der Waals surface area contributed by atoms with E-state index in [4.69, 9.17) is 10.00 Å². The number of amides is 1. The molecular formula is C11H18N2O2. The van der Waals surface area contributed by atoms with Gasteiger partial charge in [0.2, 0.25) is 5.91 Å². The molecule has 0 aromatic rings. The third-order valence-corrected chi connectivity index (χ3v) is 3.18. The summed E-state index contributed by atoms with van der Waals surface area (Å²) < 4.78 is 5.42. The molecule has 1 fully saturated rings. The van der Waals surface area contributed by atoms with Gasteiger partial charge in [-0.3, -0.25) is 4.79 Å². The number of hydrogen-bond acceptors (Lipinski definition) is 3. The van der Waals surface area contributed by atoms with Crippen LogP contribution in [-0.2, 0) is 9.53 Å². The highest BCUT2D eigenvalue weighted by molar-refractivity contribution is 5.81. The minimum atomic E-state index is -0.547. The van der Waals surface area contributed by atoms with Crippen molar-refractivity contribution in [3.05, 3.63) is 0 Å². The molecule has 84 valence electrons. The van der Waals surface area contributed by atoms with Crippen LogP contribution in [0.3, 0.4) is 0 Å². The smallest absolute Gasteiger partial charge is 0.237 e. The van der Waals surface area contributed by atoms with Gasteiger partial charge in [-0.2, -0.15) is 5.26 Å². The van der Waals surface area contributed by atoms with E-state index in [9.17, 15) is 4.79 Å². The number of ether oxygens (including phenoxy) is 1. The van der Waals surface area contributed by atoms with Crippen LogP contribution in [0.4, 0.5) is 0 Å². The van der Waals surface area contributed by atoms with Crippen LogP contribution in [0.25, 0.3) is 0 Å².